The van der Waals surface area contributed by atoms with E-state index in [0.717, 1.165) is 12.5 Å². The minimum Gasteiger partial charge on any atom is -0.329 e. The fourth-order valence-electron chi connectivity index (χ4n) is 3.06. The first-order valence-electron chi connectivity index (χ1n) is 7.24. The van der Waals surface area contributed by atoms with E-state index in [4.69, 9.17) is 5.73 Å². The maximum Gasteiger partial charge on any atom is 0.0566 e. The second kappa shape index (κ2) is 6.69. The largest absolute Gasteiger partial charge is 0.329 e. The Hall–Kier alpha value is -0.380. The summed E-state index contributed by atoms with van der Waals surface area (Å²) in [6.07, 6.45) is 5.41. The van der Waals surface area contributed by atoms with Crippen molar-refractivity contribution in [2.45, 2.75) is 45.6 Å². The van der Waals surface area contributed by atoms with Crippen molar-refractivity contribution in [2.24, 2.45) is 11.7 Å². The molecule has 2 rings (SSSR count). The Kier molecular flexibility index (Phi) is 5.22. The summed E-state index contributed by atoms with van der Waals surface area (Å²) in [6, 6.07) is 2.66. The van der Waals surface area contributed by atoms with Gasteiger partial charge >= 0.3 is 0 Å². The SMILES string of the molecule is CCC1CCCN(C(CN)c2sccc2C)CC1. The minimum atomic E-state index is 0.445. The lowest BCUT2D eigenvalue weighted by molar-refractivity contribution is 0.209. The monoisotopic (exact) mass is 266 g/mol. The highest BCUT2D eigenvalue weighted by molar-refractivity contribution is 7.10. The molecule has 1 aromatic rings. The normalized spacial score (nSPS) is 23.8. The average Bonchev–Trinajstić information content (AvgIpc) is 2.67. The molecule has 1 aromatic heterocycles. The third-order valence-electron chi connectivity index (χ3n) is 4.33. The molecule has 2 N–H and O–H groups in total. The molecule has 18 heavy (non-hydrogen) atoms. The summed E-state index contributed by atoms with van der Waals surface area (Å²) in [5.74, 6) is 0.929. The molecule has 3 heteroatoms. The Balaban J connectivity index is 2.06. The molecule has 1 aliphatic rings. The molecule has 102 valence electrons. The molecule has 2 heterocycles. The van der Waals surface area contributed by atoms with E-state index in [1.165, 1.54) is 49.2 Å². The summed E-state index contributed by atoms with van der Waals surface area (Å²) in [5.41, 5.74) is 7.46. The molecule has 0 aliphatic carbocycles. The zero-order valence-electron chi connectivity index (χ0n) is 11.7. The summed E-state index contributed by atoms with van der Waals surface area (Å²) in [7, 11) is 0. The van der Waals surface area contributed by atoms with Gasteiger partial charge in [-0.1, -0.05) is 13.3 Å². The van der Waals surface area contributed by atoms with E-state index < -0.39 is 0 Å². The van der Waals surface area contributed by atoms with Gasteiger partial charge in [-0.3, -0.25) is 4.90 Å². The van der Waals surface area contributed by atoms with Crippen LogP contribution >= 0.6 is 11.3 Å². The molecule has 2 nitrogen and oxygen atoms in total. The predicted octanol–water partition coefficient (Wildman–Crippen LogP) is 3.57. The maximum atomic E-state index is 6.05. The van der Waals surface area contributed by atoms with Gasteiger partial charge in [0.1, 0.15) is 0 Å². The van der Waals surface area contributed by atoms with E-state index in [1.54, 1.807) is 0 Å². The van der Waals surface area contributed by atoms with Crippen molar-refractivity contribution in [3.05, 3.63) is 21.9 Å². The minimum absolute atomic E-state index is 0.445. The zero-order valence-corrected chi connectivity index (χ0v) is 12.5. The van der Waals surface area contributed by atoms with Gasteiger partial charge in [-0.15, -0.1) is 11.3 Å². The van der Waals surface area contributed by atoms with Crippen molar-refractivity contribution in [2.75, 3.05) is 19.6 Å². The predicted molar refractivity (Wildman–Crippen MR) is 80.1 cm³/mol. The Morgan fingerprint density at radius 2 is 2.28 bits per heavy atom. The molecule has 0 bridgehead atoms. The Labute approximate surface area is 115 Å². The van der Waals surface area contributed by atoms with Gasteiger partial charge in [0, 0.05) is 11.4 Å². The number of aryl methyl sites for hydroxylation is 1. The van der Waals surface area contributed by atoms with Gasteiger partial charge in [-0.05, 0) is 62.2 Å². The van der Waals surface area contributed by atoms with Crippen LogP contribution in [0.5, 0.6) is 0 Å². The van der Waals surface area contributed by atoms with Gasteiger partial charge in [-0.2, -0.15) is 0 Å². The zero-order chi connectivity index (χ0) is 13.0. The number of likely N-dealkylation sites (tertiary alicyclic amines) is 1. The van der Waals surface area contributed by atoms with Crippen LogP contribution < -0.4 is 5.73 Å². The van der Waals surface area contributed by atoms with Gasteiger partial charge in [0.15, 0.2) is 0 Å². The van der Waals surface area contributed by atoms with Gasteiger partial charge < -0.3 is 5.73 Å². The van der Waals surface area contributed by atoms with E-state index in [9.17, 15) is 0 Å². The van der Waals surface area contributed by atoms with Crippen LogP contribution in [0.2, 0.25) is 0 Å². The second-order valence-electron chi connectivity index (χ2n) is 5.46. The van der Waals surface area contributed by atoms with Gasteiger partial charge in [0.05, 0.1) is 6.04 Å². The summed E-state index contributed by atoms with van der Waals surface area (Å²) in [4.78, 5) is 4.10. The molecule has 0 spiro atoms. The summed E-state index contributed by atoms with van der Waals surface area (Å²) >= 11 is 1.87. The molecule has 0 aromatic carbocycles. The van der Waals surface area contributed by atoms with E-state index in [2.05, 4.69) is 30.2 Å². The van der Waals surface area contributed by atoms with E-state index in [0.29, 0.717) is 6.04 Å². The summed E-state index contributed by atoms with van der Waals surface area (Å²) in [5, 5.41) is 2.19. The first-order chi connectivity index (χ1) is 8.76. The van der Waals surface area contributed by atoms with Crippen LogP contribution in [0.1, 0.15) is 49.1 Å². The van der Waals surface area contributed by atoms with Crippen molar-refractivity contribution >= 4 is 11.3 Å². The van der Waals surface area contributed by atoms with Crippen molar-refractivity contribution < 1.29 is 0 Å². The fraction of sp³-hybridized carbons (Fsp3) is 0.733. The molecule has 0 amide bonds. The van der Waals surface area contributed by atoms with Crippen molar-refractivity contribution in [1.82, 2.24) is 4.90 Å². The highest BCUT2D eigenvalue weighted by Gasteiger charge is 2.24. The maximum absolute atomic E-state index is 6.05. The number of hydrogen-bond donors (Lipinski definition) is 1. The molecular formula is C15H26N2S. The lowest BCUT2D eigenvalue weighted by Crippen LogP contribution is -2.34. The molecule has 1 saturated heterocycles. The first kappa shape index (κ1) is 14.0. The van der Waals surface area contributed by atoms with E-state index in [1.807, 2.05) is 11.3 Å². The molecule has 0 saturated carbocycles. The average molecular weight is 266 g/mol. The Morgan fingerprint density at radius 3 is 2.89 bits per heavy atom. The van der Waals surface area contributed by atoms with E-state index in [-0.39, 0.29) is 0 Å². The van der Waals surface area contributed by atoms with Crippen LogP contribution in [-0.2, 0) is 0 Å². The summed E-state index contributed by atoms with van der Waals surface area (Å²) in [6.45, 7) is 7.72. The fourth-order valence-corrected chi connectivity index (χ4v) is 4.13. The van der Waals surface area contributed by atoms with Crippen molar-refractivity contribution in [3.8, 4) is 0 Å². The lowest BCUT2D eigenvalue weighted by Gasteiger charge is -2.29. The molecule has 1 fully saturated rings. The first-order valence-corrected chi connectivity index (χ1v) is 8.12. The lowest BCUT2D eigenvalue weighted by atomic mass is 9.98. The Bertz CT molecular complexity index is 361. The number of nitrogens with zero attached hydrogens (tertiary/aromatic N) is 1. The summed E-state index contributed by atoms with van der Waals surface area (Å²) < 4.78 is 0. The highest BCUT2D eigenvalue weighted by Crippen LogP contribution is 2.31. The highest BCUT2D eigenvalue weighted by atomic mass is 32.1. The number of rotatable bonds is 4. The van der Waals surface area contributed by atoms with E-state index >= 15 is 0 Å². The Morgan fingerprint density at radius 1 is 1.44 bits per heavy atom. The molecular weight excluding hydrogens is 240 g/mol. The quantitative estimate of drug-likeness (QED) is 0.902. The van der Waals surface area contributed by atoms with Crippen LogP contribution in [0.25, 0.3) is 0 Å². The van der Waals surface area contributed by atoms with Crippen LogP contribution in [-0.4, -0.2) is 24.5 Å². The van der Waals surface area contributed by atoms with Crippen LogP contribution in [0.3, 0.4) is 0 Å². The molecule has 2 unspecified atom stereocenters. The molecule has 2 atom stereocenters. The van der Waals surface area contributed by atoms with Crippen molar-refractivity contribution in [3.63, 3.8) is 0 Å². The number of nitrogens with two attached hydrogens (primary N) is 1. The number of thiophene rings is 1. The van der Waals surface area contributed by atoms with Crippen LogP contribution in [0.15, 0.2) is 11.4 Å². The van der Waals surface area contributed by atoms with Gasteiger partial charge in [-0.25, -0.2) is 0 Å². The van der Waals surface area contributed by atoms with Gasteiger partial charge in [0.25, 0.3) is 0 Å². The second-order valence-corrected chi connectivity index (χ2v) is 6.41. The van der Waals surface area contributed by atoms with Crippen LogP contribution in [0.4, 0.5) is 0 Å². The smallest absolute Gasteiger partial charge is 0.0566 e. The third-order valence-corrected chi connectivity index (χ3v) is 5.45. The standard InChI is InChI=1S/C15H26N2S/c1-3-13-5-4-8-17(9-6-13)14(11-16)15-12(2)7-10-18-15/h7,10,13-14H,3-6,8-9,11,16H2,1-2H3. The molecule has 0 radical (unpaired) electrons. The topological polar surface area (TPSA) is 29.3 Å². The third kappa shape index (κ3) is 3.14. The van der Waals surface area contributed by atoms with Crippen LogP contribution in [0, 0.1) is 12.8 Å². The molecule has 1 aliphatic heterocycles. The van der Waals surface area contributed by atoms with Crippen molar-refractivity contribution in [1.29, 1.82) is 0 Å². The number of hydrogen-bond acceptors (Lipinski definition) is 3. The van der Waals surface area contributed by atoms with Gasteiger partial charge in [0.2, 0.25) is 0 Å².